The van der Waals surface area contributed by atoms with E-state index in [0.717, 1.165) is 0 Å². The highest BCUT2D eigenvalue weighted by Crippen LogP contribution is 2.37. The van der Waals surface area contributed by atoms with E-state index in [1.54, 1.807) is 5.01 Å². The maximum Gasteiger partial charge on any atom is 0.0529 e. The molecule has 50 valence electrons. The fraction of sp³-hybridized carbons (Fsp3) is 1.00. The van der Waals surface area contributed by atoms with Crippen LogP contribution in [0, 0.1) is 4.91 Å². The Morgan fingerprint density at radius 1 is 1.11 bits per heavy atom. The van der Waals surface area contributed by atoms with Gasteiger partial charge in [0, 0.05) is 0 Å². The Balaban J connectivity index is 1.92. The monoisotopic (exact) mass is 126 g/mol. The van der Waals surface area contributed by atoms with Gasteiger partial charge < -0.3 is 0 Å². The van der Waals surface area contributed by atoms with Crippen LogP contribution >= 0.6 is 0 Å². The highest BCUT2D eigenvalue weighted by Gasteiger charge is 2.39. The maximum atomic E-state index is 10.1. The third-order valence-corrected chi connectivity index (χ3v) is 1.94. The molecule has 3 heteroatoms. The number of nitroso groups, excluding NO2 is 1. The minimum atomic E-state index is 0.523. The summed E-state index contributed by atoms with van der Waals surface area (Å²) in [6.07, 6.45) is 4.73. The van der Waals surface area contributed by atoms with Gasteiger partial charge in [-0.15, -0.1) is 4.91 Å². The number of rotatable bonds is 3. The molecule has 0 atom stereocenters. The van der Waals surface area contributed by atoms with Crippen LogP contribution in [0.1, 0.15) is 25.7 Å². The molecule has 0 spiro atoms. The summed E-state index contributed by atoms with van der Waals surface area (Å²) in [6, 6.07) is 1.05. The lowest BCUT2D eigenvalue weighted by Gasteiger charge is -2.11. The SMILES string of the molecule is O=NN(C1CC1)C1CC1. The fourth-order valence-electron chi connectivity index (χ4n) is 1.11. The third kappa shape index (κ3) is 0.910. The van der Waals surface area contributed by atoms with Crippen LogP contribution in [0.5, 0.6) is 0 Å². The molecule has 0 radical (unpaired) electrons. The van der Waals surface area contributed by atoms with Crippen molar-refractivity contribution < 1.29 is 0 Å². The average Bonchev–Trinajstić information content (AvgIpc) is 2.61. The Bertz CT molecular complexity index is 117. The van der Waals surface area contributed by atoms with Crippen LogP contribution in [0.25, 0.3) is 0 Å². The quantitative estimate of drug-likeness (QED) is 0.421. The molecule has 0 aliphatic heterocycles. The summed E-state index contributed by atoms with van der Waals surface area (Å²) in [6.45, 7) is 0. The van der Waals surface area contributed by atoms with Crippen LogP contribution in [0.2, 0.25) is 0 Å². The van der Waals surface area contributed by atoms with Gasteiger partial charge in [-0.2, -0.15) is 0 Å². The molecule has 0 bridgehead atoms. The molecule has 0 heterocycles. The van der Waals surface area contributed by atoms with Gasteiger partial charge in [0.15, 0.2) is 0 Å². The standard InChI is InChI=1S/C6H10N2O/c9-7-8(5-1-2-5)6-3-4-6/h5-6H,1-4H2. The Kier molecular flexibility index (Phi) is 0.976. The lowest BCUT2D eigenvalue weighted by Crippen LogP contribution is -2.20. The molecule has 2 rings (SSSR count). The van der Waals surface area contributed by atoms with Crippen molar-refractivity contribution in [2.24, 2.45) is 5.29 Å². The van der Waals surface area contributed by atoms with Crippen molar-refractivity contribution in [3.63, 3.8) is 0 Å². The van der Waals surface area contributed by atoms with Crippen molar-refractivity contribution >= 4 is 0 Å². The number of hydrogen-bond acceptors (Lipinski definition) is 2. The third-order valence-electron chi connectivity index (χ3n) is 1.94. The van der Waals surface area contributed by atoms with Gasteiger partial charge in [-0.05, 0) is 25.7 Å². The minimum Gasteiger partial charge on any atom is -0.255 e. The zero-order valence-electron chi connectivity index (χ0n) is 5.29. The van der Waals surface area contributed by atoms with E-state index in [0.29, 0.717) is 12.1 Å². The summed E-state index contributed by atoms with van der Waals surface area (Å²) in [4.78, 5) is 10.1. The molecule has 3 nitrogen and oxygen atoms in total. The van der Waals surface area contributed by atoms with Crippen LogP contribution in [0.4, 0.5) is 0 Å². The summed E-state index contributed by atoms with van der Waals surface area (Å²) in [5.74, 6) is 0. The molecular formula is C6H10N2O. The largest absolute Gasteiger partial charge is 0.255 e. The van der Waals surface area contributed by atoms with E-state index >= 15 is 0 Å². The van der Waals surface area contributed by atoms with Crippen molar-refractivity contribution in [1.82, 2.24) is 5.01 Å². The highest BCUT2D eigenvalue weighted by atomic mass is 16.3. The first-order valence-corrected chi connectivity index (χ1v) is 3.53. The van der Waals surface area contributed by atoms with Gasteiger partial charge in [0.2, 0.25) is 0 Å². The summed E-state index contributed by atoms with van der Waals surface area (Å²) >= 11 is 0. The molecule has 0 saturated heterocycles. The van der Waals surface area contributed by atoms with Crippen molar-refractivity contribution in [2.75, 3.05) is 0 Å². The summed E-state index contributed by atoms with van der Waals surface area (Å²) in [5, 5.41) is 4.75. The molecule has 0 aromatic carbocycles. The van der Waals surface area contributed by atoms with E-state index in [2.05, 4.69) is 5.29 Å². The van der Waals surface area contributed by atoms with Gasteiger partial charge in [0.05, 0.1) is 17.4 Å². The molecule has 2 aliphatic carbocycles. The topological polar surface area (TPSA) is 32.7 Å². The lowest BCUT2D eigenvalue weighted by molar-refractivity contribution is 0.262. The normalized spacial score (nSPS) is 25.8. The van der Waals surface area contributed by atoms with Gasteiger partial charge in [-0.3, -0.25) is 5.01 Å². The first-order valence-electron chi connectivity index (χ1n) is 3.53. The van der Waals surface area contributed by atoms with E-state index in [1.165, 1.54) is 25.7 Å². The zero-order chi connectivity index (χ0) is 6.27. The van der Waals surface area contributed by atoms with Crippen LogP contribution < -0.4 is 0 Å². The van der Waals surface area contributed by atoms with E-state index < -0.39 is 0 Å². The molecule has 0 aromatic heterocycles. The van der Waals surface area contributed by atoms with Gasteiger partial charge in [0.1, 0.15) is 0 Å². The van der Waals surface area contributed by atoms with E-state index in [1.807, 2.05) is 0 Å². The Morgan fingerprint density at radius 3 is 1.78 bits per heavy atom. The Labute approximate surface area is 54.0 Å². The highest BCUT2D eigenvalue weighted by molar-refractivity contribution is 4.92. The second kappa shape index (κ2) is 1.69. The Morgan fingerprint density at radius 2 is 1.56 bits per heavy atom. The number of nitrogens with zero attached hydrogens (tertiary/aromatic N) is 2. The summed E-state index contributed by atoms with van der Waals surface area (Å²) in [5.41, 5.74) is 0. The predicted octanol–water partition coefficient (Wildman–Crippen LogP) is 1.29. The molecular weight excluding hydrogens is 116 g/mol. The molecule has 0 aromatic rings. The van der Waals surface area contributed by atoms with Gasteiger partial charge in [0.25, 0.3) is 0 Å². The van der Waals surface area contributed by atoms with E-state index in [4.69, 9.17) is 0 Å². The lowest BCUT2D eigenvalue weighted by atomic mass is 10.6. The van der Waals surface area contributed by atoms with Crippen LogP contribution in [-0.2, 0) is 0 Å². The molecule has 0 unspecified atom stereocenters. The van der Waals surface area contributed by atoms with Crippen molar-refractivity contribution in [3.8, 4) is 0 Å². The first kappa shape index (κ1) is 5.21. The zero-order valence-corrected chi connectivity index (χ0v) is 5.29. The van der Waals surface area contributed by atoms with Gasteiger partial charge in [-0.1, -0.05) is 0 Å². The second-order valence-electron chi connectivity index (χ2n) is 2.92. The van der Waals surface area contributed by atoms with Gasteiger partial charge >= 0.3 is 0 Å². The van der Waals surface area contributed by atoms with Crippen LogP contribution in [0.3, 0.4) is 0 Å². The molecule has 0 N–H and O–H groups in total. The second-order valence-corrected chi connectivity index (χ2v) is 2.92. The van der Waals surface area contributed by atoms with Gasteiger partial charge in [-0.25, -0.2) is 0 Å². The number of hydrogen-bond donors (Lipinski definition) is 0. The molecule has 2 aliphatic rings. The molecule has 0 amide bonds. The van der Waals surface area contributed by atoms with Crippen molar-refractivity contribution in [2.45, 2.75) is 37.8 Å². The molecule has 2 fully saturated rings. The minimum absolute atomic E-state index is 0.523. The van der Waals surface area contributed by atoms with Crippen molar-refractivity contribution in [1.29, 1.82) is 0 Å². The summed E-state index contributed by atoms with van der Waals surface area (Å²) < 4.78 is 0. The first-order chi connectivity index (χ1) is 4.42. The van der Waals surface area contributed by atoms with Crippen LogP contribution in [-0.4, -0.2) is 17.1 Å². The Hall–Kier alpha value is -0.600. The van der Waals surface area contributed by atoms with E-state index in [-0.39, 0.29) is 0 Å². The molecule has 2 saturated carbocycles. The van der Waals surface area contributed by atoms with Crippen molar-refractivity contribution in [3.05, 3.63) is 4.91 Å². The van der Waals surface area contributed by atoms with Crippen LogP contribution in [0.15, 0.2) is 5.29 Å². The average molecular weight is 126 g/mol. The molecule has 9 heavy (non-hydrogen) atoms. The smallest absolute Gasteiger partial charge is 0.0529 e. The summed E-state index contributed by atoms with van der Waals surface area (Å²) in [7, 11) is 0. The fourth-order valence-corrected chi connectivity index (χ4v) is 1.11. The predicted molar refractivity (Wildman–Crippen MR) is 33.7 cm³/mol. The maximum absolute atomic E-state index is 10.1. The van der Waals surface area contributed by atoms with E-state index in [9.17, 15) is 4.91 Å².